The summed E-state index contributed by atoms with van der Waals surface area (Å²) in [7, 11) is -11.3. The van der Waals surface area contributed by atoms with Crippen LogP contribution in [0.1, 0.15) is 34.6 Å². The van der Waals surface area contributed by atoms with Crippen LogP contribution in [0.15, 0.2) is 0 Å². The molecule has 0 amide bonds. The van der Waals surface area contributed by atoms with Gasteiger partial charge in [-0.2, -0.15) is 43.2 Å². The SMILES string of the molecule is CC1C(C)C(C)C(C)C1C.CP(C)C.O=S(=O)(O)C(F)(F)F.O=S(=O)(O)C(F)(F)F.[Rh]. The summed E-state index contributed by atoms with van der Waals surface area (Å²) in [6, 6.07) is 0. The van der Waals surface area contributed by atoms with Crippen molar-refractivity contribution in [1.82, 2.24) is 0 Å². The Hall–Kier alpha value is 0.453. The number of alkyl halides is 6. The summed E-state index contributed by atoms with van der Waals surface area (Å²) >= 11 is 0. The van der Waals surface area contributed by atoms with Gasteiger partial charge in [0.15, 0.2) is 0 Å². The van der Waals surface area contributed by atoms with Gasteiger partial charge in [0.2, 0.25) is 0 Å². The fourth-order valence-corrected chi connectivity index (χ4v) is 2.39. The zero-order valence-electron chi connectivity index (χ0n) is 18.3. The first-order valence-corrected chi connectivity index (χ1v) is 14.0. The Balaban J connectivity index is -0.000000161. The zero-order valence-corrected chi connectivity index (χ0v) is 22.4. The summed E-state index contributed by atoms with van der Waals surface area (Å²) in [6.07, 6.45) is 0. The average molecular weight is 619 g/mol. The minimum Gasteiger partial charge on any atom is -0.279 e. The molecule has 16 heteroatoms. The van der Waals surface area contributed by atoms with Gasteiger partial charge in [-0.1, -0.05) is 34.6 Å². The summed E-state index contributed by atoms with van der Waals surface area (Å²) < 4.78 is 115. The van der Waals surface area contributed by atoms with Crippen molar-refractivity contribution in [3.63, 3.8) is 0 Å². The van der Waals surface area contributed by atoms with Crippen molar-refractivity contribution in [3.8, 4) is 0 Å². The van der Waals surface area contributed by atoms with Crippen LogP contribution in [0.5, 0.6) is 0 Å². The maximum Gasteiger partial charge on any atom is 0.522 e. The topological polar surface area (TPSA) is 109 Å². The first-order chi connectivity index (χ1) is 12.8. The largest absolute Gasteiger partial charge is 0.522 e. The predicted octanol–water partition coefficient (Wildman–Crippen LogP) is 5.32. The van der Waals surface area contributed by atoms with Crippen LogP contribution < -0.4 is 0 Å². The van der Waals surface area contributed by atoms with Gasteiger partial charge in [-0.3, -0.25) is 9.11 Å². The van der Waals surface area contributed by atoms with Crippen LogP contribution in [0, 0.1) is 29.6 Å². The molecule has 1 aliphatic carbocycles. The monoisotopic (exact) mass is 619 g/mol. The molecular formula is C15H31F6O6PRhS2. The van der Waals surface area contributed by atoms with Gasteiger partial charge in [-0.15, -0.1) is 7.92 Å². The van der Waals surface area contributed by atoms with E-state index in [0.29, 0.717) is 7.92 Å². The molecular weight excluding hydrogens is 588 g/mol. The normalized spacial score (nSPS) is 26.3. The van der Waals surface area contributed by atoms with Crippen molar-refractivity contribution in [3.05, 3.63) is 0 Å². The molecule has 1 aliphatic rings. The molecule has 0 bridgehead atoms. The van der Waals surface area contributed by atoms with Crippen molar-refractivity contribution in [2.24, 2.45) is 29.6 Å². The number of hydrogen-bond donors (Lipinski definition) is 2. The first kappa shape index (κ1) is 38.7. The van der Waals surface area contributed by atoms with Gasteiger partial charge < -0.3 is 0 Å². The number of halogens is 6. The molecule has 0 spiro atoms. The van der Waals surface area contributed by atoms with E-state index in [1.165, 1.54) is 0 Å². The van der Waals surface area contributed by atoms with E-state index in [-0.39, 0.29) is 19.5 Å². The molecule has 0 atom stereocenters. The van der Waals surface area contributed by atoms with E-state index in [2.05, 4.69) is 54.6 Å². The summed E-state index contributed by atoms with van der Waals surface area (Å²) in [5.74, 6) is 4.68. The quantitative estimate of drug-likeness (QED) is 0.125. The second-order valence-corrected chi connectivity index (χ2v) is 13.0. The van der Waals surface area contributed by atoms with Gasteiger partial charge in [0.25, 0.3) is 0 Å². The second kappa shape index (κ2) is 14.7. The molecule has 0 aromatic rings. The molecule has 2 N–H and O–H groups in total. The Morgan fingerprint density at radius 2 is 0.645 bits per heavy atom. The van der Waals surface area contributed by atoms with Crippen LogP contribution in [-0.2, 0) is 39.7 Å². The van der Waals surface area contributed by atoms with Crippen molar-refractivity contribution in [1.29, 1.82) is 0 Å². The second-order valence-electron chi connectivity index (χ2n) is 7.48. The Bertz CT molecular complexity index is 608. The molecule has 0 aliphatic heterocycles. The number of hydrogen-bond acceptors (Lipinski definition) is 4. The van der Waals surface area contributed by atoms with Crippen LogP contribution in [-0.4, -0.2) is 57.0 Å². The third kappa shape index (κ3) is 16.7. The molecule has 0 saturated heterocycles. The molecule has 195 valence electrons. The van der Waals surface area contributed by atoms with E-state index in [0.717, 1.165) is 29.6 Å². The maximum atomic E-state index is 10.7. The molecule has 31 heavy (non-hydrogen) atoms. The molecule has 6 nitrogen and oxygen atoms in total. The smallest absolute Gasteiger partial charge is 0.279 e. The Labute approximate surface area is 194 Å². The van der Waals surface area contributed by atoms with Crippen molar-refractivity contribution < 1.29 is 71.8 Å². The molecule has 0 unspecified atom stereocenters. The van der Waals surface area contributed by atoms with E-state index in [1.807, 2.05) is 0 Å². The zero-order chi connectivity index (χ0) is 25.5. The summed E-state index contributed by atoms with van der Waals surface area (Å²) in [4.78, 5) is 0. The predicted molar refractivity (Wildman–Crippen MR) is 106 cm³/mol. The third-order valence-corrected chi connectivity index (χ3v) is 5.90. The minimum absolute atomic E-state index is 0. The minimum atomic E-state index is -5.84. The maximum absolute atomic E-state index is 10.7. The molecule has 0 aromatic carbocycles. The van der Waals surface area contributed by atoms with E-state index in [9.17, 15) is 26.3 Å². The van der Waals surface area contributed by atoms with Gasteiger partial charge >= 0.3 is 31.3 Å². The summed E-state index contributed by atoms with van der Waals surface area (Å²) in [6.45, 7) is 18.7. The van der Waals surface area contributed by atoms with Gasteiger partial charge in [0.05, 0.1) is 0 Å². The van der Waals surface area contributed by atoms with E-state index < -0.39 is 31.3 Å². The fourth-order valence-electron chi connectivity index (χ4n) is 2.39. The molecule has 1 rings (SSSR count). The number of rotatable bonds is 0. The standard InChI is InChI=1S/C10H20.C3H9P.2CHF3O3S.Rh/c1-6-7(2)9(4)10(5)8(6)3;1-4(2)3;2*2-1(3,4)8(5,6)7;/h6-10H,1-5H3;1-3H3;2*(H,5,6,7);. The molecule has 0 heterocycles. The van der Waals surface area contributed by atoms with Crippen LogP contribution >= 0.6 is 7.92 Å². The van der Waals surface area contributed by atoms with Crippen molar-refractivity contribution >= 4 is 28.2 Å². The van der Waals surface area contributed by atoms with Crippen LogP contribution in [0.3, 0.4) is 0 Å². The van der Waals surface area contributed by atoms with E-state index in [4.69, 9.17) is 25.9 Å². The third-order valence-electron chi connectivity index (χ3n) is 4.73. The Morgan fingerprint density at radius 3 is 0.677 bits per heavy atom. The van der Waals surface area contributed by atoms with E-state index >= 15 is 0 Å². The average Bonchev–Trinajstić information content (AvgIpc) is 2.62. The van der Waals surface area contributed by atoms with Gasteiger partial charge in [-0.25, -0.2) is 0 Å². The van der Waals surface area contributed by atoms with Crippen LogP contribution in [0.4, 0.5) is 26.3 Å². The first-order valence-electron chi connectivity index (χ1n) is 8.47. The van der Waals surface area contributed by atoms with Crippen LogP contribution in [0.2, 0.25) is 0 Å². The molecule has 1 fully saturated rings. The van der Waals surface area contributed by atoms with E-state index in [1.54, 1.807) is 0 Å². The van der Waals surface area contributed by atoms with Crippen molar-refractivity contribution in [2.45, 2.75) is 45.6 Å². The van der Waals surface area contributed by atoms with Crippen LogP contribution in [0.25, 0.3) is 0 Å². The van der Waals surface area contributed by atoms with Gasteiger partial charge in [0, 0.05) is 19.5 Å². The molecule has 1 radical (unpaired) electrons. The Kier molecular flexibility index (Phi) is 18.3. The molecule has 0 aromatic heterocycles. The van der Waals surface area contributed by atoms with Gasteiger partial charge in [0.1, 0.15) is 0 Å². The Morgan fingerprint density at radius 1 is 0.581 bits per heavy atom. The molecule has 1 saturated carbocycles. The van der Waals surface area contributed by atoms with Crippen molar-refractivity contribution in [2.75, 3.05) is 20.0 Å². The van der Waals surface area contributed by atoms with Gasteiger partial charge in [-0.05, 0) is 49.6 Å². The fraction of sp³-hybridized carbons (Fsp3) is 1.00. The summed E-state index contributed by atoms with van der Waals surface area (Å²) in [5, 5.41) is 0. The summed E-state index contributed by atoms with van der Waals surface area (Å²) in [5.41, 5.74) is -11.1.